The second-order valence-corrected chi connectivity index (χ2v) is 5.38. The molecule has 91 valence electrons. The van der Waals surface area contributed by atoms with Crippen molar-refractivity contribution in [2.45, 2.75) is 39.2 Å². The molecule has 1 aliphatic carbocycles. The molecule has 0 amide bonds. The smallest absolute Gasteiger partial charge is 0.206 e. The van der Waals surface area contributed by atoms with Gasteiger partial charge in [-0.3, -0.25) is 4.79 Å². The van der Waals surface area contributed by atoms with Crippen molar-refractivity contribution in [2.24, 2.45) is 5.41 Å². The van der Waals surface area contributed by atoms with Crippen LogP contribution < -0.4 is 0 Å². The van der Waals surface area contributed by atoms with Crippen molar-refractivity contribution in [3.8, 4) is 0 Å². The van der Waals surface area contributed by atoms with E-state index in [1.165, 1.54) is 11.1 Å². The van der Waals surface area contributed by atoms with Crippen molar-refractivity contribution < 1.29 is 9.53 Å². The zero-order chi connectivity index (χ0) is 12.3. The summed E-state index contributed by atoms with van der Waals surface area (Å²) in [7, 11) is 0. The molecule has 0 saturated carbocycles. The minimum atomic E-state index is -0.508. The zero-order valence-corrected chi connectivity index (χ0v) is 10.5. The lowest BCUT2D eigenvalue weighted by molar-refractivity contribution is 0.0112. The van der Waals surface area contributed by atoms with Gasteiger partial charge in [-0.1, -0.05) is 38.1 Å². The maximum Gasteiger partial charge on any atom is 0.206 e. The Morgan fingerprint density at radius 2 is 2.18 bits per heavy atom. The number of rotatable bonds is 4. The van der Waals surface area contributed by atoms with Gasteiger partial charge in [0.2, 0.25) is 6.29 Å². The second kappa shape index (κ2) is 5.01. The predicted molar refractivity (Wildman–Crippen MR) is 67.5 cm³/mol. The number of hydrogen-bond donors (Lipinski definition) is 0. The molecule has 0 bridgehead atoms. The molecule has 0 spiro atoms. The van der Waals surface area contributed by atoms with Gasteiger partial charge < -0.3 is 4.74 Å². The lowest BCUT2D eigenvalue weighted by Crippen LogP contribution is -2.24. The molecule has 0 heterocycles. The average Bonchev–Trinajstić information content (AvgIpc) is 2.36. The maximum atomic E-state index is 10.7. The summed E-state index contributed by atoms with van der Waals surface area (Å²) in [5.74, 6) is 0. The van der Waals surface area contributed by atoms with E-state index in [1.54, 1.807) is 0 Å². The standard InChI is InChI=1S/C15H19O2/c1-15(2,10-16)11-17-14-9-5-7-12-6-3-4-8-13(12)14/h3-4,6,8,14H,5,7,9,11H2,1-2H3. The summed E-state index contributed by atoms with van der Waals surface area (Å²) >= 11 is 0. The monoisotopic (exact) mass is 231 g/mol. The van der Waals surface area contributed by atoms with Crippen molar-refractivity contribution in [3.05, 3.63) is 35.4 Å². The molecule has 1 radical (unpaired) electrons. The quantitative estimate of drug-likeness (QED) is 0.795. The van der Waals surface area contributed by atoms with Crippen LogP contribution in [0.25, 0.3) is 0 Å². The van der Waals surface area contributed by atoms with Crippen LogP contribution in [0.15, 0.2) is 24.3 Å². The Hall–Kier alpha value is -1.15. The van der Waals surface area contributed by atoms with Crippen LogP contribution >= 0.6 is 0 Å². The Morgan fingerprint density at radius 3 is 2.94 bits per heavy atom. The van der Waals surface area contributed by atoms with Gasteiger partial charge in [0.25, 0.3) is 0 Å². The highest BCUT2D eigenvalue weighted by Crippen LogP contribution is 2.33. The summed E-state index contributed by atoms with van der Waals surface area (Å²) in [6, 6.07) is 8.43. The minimum absolute atomic E-state index is 0.146. The van der Waals surface area contributed by atoms with E-state index in [0.717, 1.165) is 19.3 Å². The first kappa shape index (κ1) is 12.3. The largest absolute Gasteiger partial charge is 0.372 e. The van der Waals surface area contributed by atoms with Crippen LogP contribution in [0.1, 0.15) is 43.9 Å². The van der Waals surface area contributed by atoms with Crippen molar-refractivity contribution in [1.29, 1.82) is 0 Å². The van der Waals surface area contributed by atoms with Crippen LogP contribution in [0, 0.1) is 5.41 Å². The highest BCUT2D eigenvalue weighted by Gasteiger charge is 2.24. The molecule has 1 atom stereocenters. The van der Waals surface area contributed by atoms with Crippen LogP contribution in [0.2, 0.25) is 0 Å². The number of aryl methyl sites for hydroxylation is 1. The molecule has 0 N–H and O–H groups in total. The molecule has 1 aromatic carbocycles. The Balaban J connectivity index is 2.06. The summed E-state index contributed by atoms with van der Waals surface area (Å²) in [5, 5.41) is 0. The second-order valence-electron chi connectivity index (χ2n) is 5.38. The van der Waals surface area contributed by atoms with E-state index in [1.807, 2.05) is 20.1 Å². The zero-order valence-electron chi connectivity index (χ0n) is 10.5. The lowest BCUT2D eigenvalue weighted by atomic mass is 9.89. The lowest BCUT2D eigenvalue weighted by Gasteiger charge is -2.28. The average molecular weight is 231 g/mol. The van der Waals surface area contributed by atoms with Gasteiger partial charge in [-0.15, -0.1) is 0 Å². The molecule has 0 saturated heterocycles. The first-order valence-electron chi connectivity index (χ1n) is 6.21. The SMILES string of the molecule is CC(C)([C]=O)COC1CCCc2ccccc21. The molecule has 1 aromatic rings. The van der Waals surface area contributed by atoms with Crippen LogP contribution in [-0.2, 0) is 16.0 Å². The van der Waals surface area contributed by atoms with E-state index in [2.05, 4.69) is 24.3 Å². The molecular weight excluding hydrogens is 212 g/mol. The van der Waals surface area contributed by atoms with E-state index < -0.39 is 5.41 Å². The summed E-state index contributed by atoms with van der Waals surface area (Å²) < 4.78 is 5.90. The summed E-state index contributed by atoms with van der Waals surface area (Å²) in [6.45, 7) is 4.15. The van der Waals surface area contributed by atoms with Gasteiger partial charge in [-0.25, -0.2) is 0 Å². The van der Waals surface area contributed by atoms with E-state index in [0.29, 0.717) is 6.61 Å². The molecule has 2 rings (SSSR count). The number of carbonyl (C=O) groups excluding carboxylic acids is 1. The molecule has 0 fully saturated rings. The van der Waals surface area contributed by atoms with Gasteiger partial charge in [0.1, 0.15) is 0 Å². The number of benzene rings is 1. The van der Waals surface area contributed by atoms with E-state index in [4.69, 9.17) is 4.74 Å². The molecule has 1 aliphatic rings. The first-order chi connectivity index (χ1) is 8.12. The molecule has 0 aliphatic heterocycles. The van der Waals surface area contributed by atoms with Gasteiger partial charge >= 0.3 is 0 Å². The Morgan fingerprint density at radius 1 is 1.41 bits per heavy atom. The van der Waals surface area contributed by atoms with Gasteiger partial charge in [-0.2, -0.15) is 0 Å². The molecule has 17 heavy (non-hydrogen) atoms. The molecular formula is C15H19O2. The Bertz CT molecular complexity index is 396. The van der Waals surface area contributed by atoms with Gasteiger partial charge in [0.05, 0.1) is 18.1 Å². The van der Waals surface area contributed by atoms with Crippen molar-refractivity contribution >= 4 is 6.29 Å². The Labute approximate surface area is 103 Å². The van der Waals surface area contributed by atoms with E-state index >= 15 is 0 Å². The van der Waals surface area contributed by atoms with E-state index in [-0.39, 0.29) is 6.10 Å². The predicted octanol–water partition coefficient (Wildman–Crippen LogP) is 3.22. The van der Waals surface area contributed by atoms with Crippen LogP contribution in [0.5, 0.6) is 0 Å². The summed E-state index contributed by atoms with van der Waals surface area (Å²) in [5.41, 5.74) is 2.17. The van der Waals surface area contributed by atoms with Crippen LogP contribution in [0.3, 0.4) is 0 Å². The highest BCUT2D eigenvalue weighted by atomic mass is 16.5. The minimum Gasteiger partial charge on any atom is -0.372 e. The highest BCUT2D eigenvalue weighted by molar-refractivity contribution is 5.58. The summed E-state index contributed by atoms with van der Waals surface area (Å²) in [6.07, 6.45) is 5.52. The first-order valence-corrected chi connectivity index (χ1v) is 6.21. The number of fused-ring (bicyclic) bond motifs is 1. The van der Waals surface area contributed by atoms with Crippen molar-refractivity contribution in [3.63, 3.8) is 0 Å². The molecule has 0 aromatic heterocycles. The van der Waals surface area contributed by atoms with Crippen molar-refractivity contribution in [2.75, 3.05) is 6.61 Å². The van der Waals surface area contributed by atoms with E-state index in [9.17, 15) is 4.79 Å². The fourth-order valence-electron chi connectivity index (χ4n) is 2.22. The van der Waals surface area contributed by atoms with Crippen LogP contribution in [0.4, 0.5) is 0 Å². The van der Waals surface area contributed by atoms with Gasteiger partial charge in [0, 0.05) is 0 Å². The van der Waals surface area contributed by atoms with Crippen LogP contribution in [-0.4, -0.2) is 12.9 Å². The molecule has 1 unspecified atom stereocenters. The third-order valence-corrected chi connectivity index (χ3v) is 3.24. The molecule has 2 nitrogen and oxygen atoms in total. The normalized spacial score (nSPS) is 19.8. The third kappa shape index (κ3) is 2.95. The number of hydrogen-bond acceptors (Lipinski definition) is 2. The Kier molecular flexibility index (Phi) is 3.63. The van der Waals surface area contributed by atoms with Gasteiger partial charge in [-0.05, 0) is 30.4 Å². The number of ether oxygens (including phenoxy) is 1. The maximum absolute atomic E-state index is 10.7. The van der Waals surface area contributed by atoms with Gasteiger partial charge in [0.15, 0.2) is 0 Å². The van der Waals surface area contributed by atoms with Crippen molar-refractivity contribution in [1.82, 2.24) is 0 Å². The topological polar surface area (TPSA) is 26.3 Å². The fraction of sp³-hybridized carbons (Fsp3) is 0.533. The third-order valence-electron chi connectivity index (χ3n) is 3.24. The fourth-order valence-corrected chi connectivity index (χ4v) is 2.22. The summed E-state index contributed by atoms with van der Waals surface area (Å²) in [4.78, 5) is 10.7. The molecule has 2 heteroatoms.